The fraction of sp³-hybridized carbons (Fsp3) is 0.280. The molecule has 2 aliphatic rings. The Morgan fingerprint density at radius 3 is 2.62 bits per heavy atom. The zero-order valence-electron chi connectivity index (χ0n) is 17.8. The number of methoxy groups -OCH3 is 1. The molecule has 1 aromatic heterocycles. The molecule has 0 bridgehead atoms. The third-order valence-electron chi connectivity index (χ3n) is 6.11. The van der Waals surface area contributed by atoms with Crippen molar-refractivity contribution in [3.05, 3.63) is 71.1 Å². The summed E-state index contributed by atoms with van der Waals surface area (Å²) in [6.07, 6.45) is 4.80. The van der Waals surface area contributed by atoms with Gasteiger partial charge in [-0.2, -0.15) is 5.26 Å². The molecule has 32 heavy (non-hydrogen) atoms. The molecule has 0 radical (unpaired) electrons. The monoisotopic (exact) mass is 428 g/mol. The fourth-order valence-corrected chi connectivity index (χ4v) is 4.52. The van der Waals surface area contributed by atoms with Crippen molar-refractivity contribution in [2.24, 2.45) is 5.73 Å². The van der Waals surface area contributed by atoms with E-state index in [2.05, 4.69) is 16.3 Å². The number of ether oxygens (including phenoxy) is 3. The summed E-state index contributed by atoms with van der Waals surface area (Å²) >= 11 is 0. The maximum Gasteiger partial charge on any atom is 0.244 e. The Morgan fingerprint density at radius 1 is 1.12 bits per heavy atom. The highest BCUT2D eigenvalue weighted by Gasteiger charge is 2.35. The highest BCUT2D eigenvalue weighted by molar-refractivity contribution is 5.71. The van der Waals surface area contributed by atoms with E-state index in [1.54, 1.807) is 7.11 Å². The van der Waals surface area contributed by atoms with Crippen LogP contribution in [0.15, 0.2) is 60.0 Å². The van der Waals surface area contributed by atoms with E-state index in [4.69, 9.17) is 19.9 Å². The maximum atomic E-state index is 9.94. The standard InChI is InChI=1S/C25H24N4O3/c1-30-17-11-9-15(10-12-17)23-22-21(20(14-26)24(27)32-25(22)29-28-23)16-5-4-8-19(13-16)31-18-6-2-3-7-18/h4-5,8-13,18,21H,2-3,6-7,27H2,1H3,(H,28,29). The molecule has 2 aromatic carbocycles. The van der Waals surface area contributed by atoms with Crippen LogP contribution in [0.2, 0.25) is 0 Å². The highest BCUT2D eigenvalue weighted by atomic mass is 16.5. The van der Waals surface area contributed by atoms with Crippen LogP contribution in [0, 0.1) is 11.3 Å². The predicted molar refractivity (Wildman–Crippen MR) is 119 cm³/mol. The third kappa shape index (κ3) is 3.54. The molecule has 2 heterocycles. The van der Waals surface area contributed by atoms with Crippen LogP contribution in [-0.2, 0) is 0 Å². The Hall–Kier alpha value is -3.92. The lowest BCUT2D eigenvalue weighted by Gasteiger charge is -2.24. The molecule has 0 saturated heterocycles. The van der Waals surface area contributed by atoms with Gasteiger partial charge in [0.15, 0.2) is 0 Å². The number of aromatic amines is 1. The lowest BCUT2D eigenvalue weighted by molar-refractivity contribution is 0.210. The average Bonchev–Trinajstić information content (AvgIpc) is 3.48. The molecule has 1 fully saturated rings. The number of nitriles is 1. The number of nitrogens with zero attached hydrogens (tertiary/aromatic N) is 2. The summed E-state index contributed by atoms with van der Waals surface area (Å²) in [5, 5.41) is 17.4. The van der Waals surface area contributed by atoms with Crippen LogP contribution in [0.4, 0.5) is 0 Å². The van der Waals surface area contributed by atoms with Gasteiger partial charge in [-0.3, -0.25) is 5.10 Å². The van der Waals surface area contributed by atoms with Crippen LogP contribution >= 0.6 is 0 Å². The first-order chi connectivity index (χ1) is 15.7. The first-order valence-electron chi connectivity index (χ1n) is 10.7. The van der Waals surface area contributed by atoms with Crippen LogP contribution in [0.5, 0.6) is 17.4 Å². The van der Waals surface area contributed by atoms with Crippen molar-refractivity contribution in [3.8, 4) is 34.7 Å². The number of nitrogens with two attached hydrogens (primary N) is 1. The van der Waals surface area contributed by atoms with Crippen molar-refractivity contribution in [3.63, 3.8) is 0 Å². The molecule has 1 aliphatic heterocycles. The second-order valence-corrected chi connectivity index (χ2v) is 8.07. The fourth-order valence-electron chi connectivity index (χ4n) is 4.52. The Balaban J connectivity index is 1.59. The van der Waals surface area contributed by atoms with Gasteiger partial charge in [-0.05, 0) is 67.6 Å². The van der Waals surface area contributed by atoms with E-state index in [9.17, 15) is 5.26 Å². The van der Waals surface area contributed by atoms with Gasteiger partial charge < -0.3 is 19.9 Å². The predicted octanol–water partition coefficient (Wildman–Crippen LogP) is 4.62. The van der Waals surface area contributed by atoms with Gasteiger partial charge >= 0.3 is 0 Å². The van der Waals surface area contributed by atoms with Crippen LogP contribution in [0.25, 0.3) is 11.3 Å². The molecule has 5 rings (SSSR count). The second-order valence-electron chi connectivity index (χ2n) is 8.07. The number of aromatic nitrogens is 2. The lowest BCUT2D eigenvalue weighted by Crippen LogP contribution is -2.21. The minimum atomic E-state index is -0.424. The quantitative estimate of drug-likeness (QED) is 0.614. The van der Waals surface area contributed by atoms with Crippen molar-refractivity contribution in [1.29, 1.82) is 5.26 Å². The second kappa shape index (κ2) is 8.31. The van der Waals surface area contributed by atoms with Crippen molar-refractivity contribution >= 4 is 0 Å². The number of rotatable bonds is 5. The van der Waals surface area contributed by atoms with Crippen molar-refractivity contribution in [2.45, 2.75) is 37.7 Å². The van der Waals surface area contributed by atoms with E-state index in [-0.39, 0.29) is 12.0 Å². The van der Waals surface area contributed by atoms with Gasteiger partial charge in [0.2, 0.25) is 11.8 Å². The Labute approximate surface area is 186 Å². The van der Waals surface area contributed by atoms with E-state index in [1.165, 1.54) is 12.8 Å². The topological polar surface area (TPSA) is 106 Å². The van der Waals surface area contributed by atoms with Crippen LogP contribution < -0.4 is 19.9 Å². The number of hydrogen-bond acceptors (Lipinski definition) is 6. The molecule has 0 amide bonds. The summed E-state index contributed by atoms with van der Waals surface area (Å²) in [6, 6.07) is 17.8. The molecule has 3 N–H and O–H groups in total. The van der Waals surface area contributed by atoms with E-state index in [0.29, 0.717) is 11.5 Å². The van der Waals surface area contributed by atoms with Crippen molar-refractivity contribution in [1.82, 2.24) is 10.2 Å². The Kier molecular flexibility index (Phi) is 5.20. The minimum Gasteiger partial charge on any atom is -0.497 e. The molecule has 1 atom stereocenters. The molecule has 1 unspecified atom stereocenters. The largest absolute Gasteiger partial charge is 0.497 e. The molecule has 7 nitrogen and oxygen atoms in total. The zero-order valence-corrected chi connectivity index (χ0v) is 17.8. The smallest absolute Gasteiger partial charge is 0.244 e. The number of hydrogen-bond donors (Lipinski definition) is 2. The summed E-state index contributed by atoms with van der Waals surface area (Å²) in [7, 11) is 1.63. The lowest BCUT2D eigenvalue weighted by atomic mass is 9.83. The van der Waals surface area contributed by atoms with Gasteiger partial charge in [0.05, 0.1) is 30.4 Å². The number of H-pyrrole nitrogens is 1. The summed E-state index contributed by atoms with van der Waals surface area (Å²) in [4.78, 5) is 0. The summed E-state index contributed by atoms with van der Waals surface area (Å²) < 4.78 is 17.2. The highest BCUT2D eigenvalue weighted by Crippen LogP contribution is 2.46. The van der Waals surface area contributed by atoms with Gasteiger partial charge in [0.25, 0.3) is 0 Å². The summed E-state index contributed by atoms with van der Waals surface area (Å²) in [5.74, 6) is 1.58. The van der Waals surface area contributed by atoms with E-state index in [1.807, 2.05) is 48.5 Å². The van der Waals surface area contributed by atoms with Gasteiger partial charge in [-0.15, -0.1) is 5.10 Å². The molecule has 1 aliphatic carbocycles. The number of allylic oxidation sites excluding steroid dienone is 1. The number of nitrogens with one attached hydrogen (secondary N) is 1. The summed E-state index contributed by atoms with van der Waals surface area (Å²) in [6.45, 7) is 0. The number of benzene rings is 2. The first-order valence-corrected chi connectivity index (χ1v) is 10.7. The minimum absolute atomic E-state index is 0.0693. The van der Waals surface area contributed by atoms with E-state index in [0.717, 1.165) is 46.7 Å². The molecule has 0 spiro atoms. The summed E-state index contributed by atoms with van der Waals surface area (Å²) in [5.41, 5.74) is 9.83. The molecule has 3 aromatic rings. The van der Waals surface area contributed by atoms with Gasteiger partial charge in [-0.25, -0.2) is 0 Å². The first kappa shape index (κ1) is 20.0. The maximum absolute atomic E-state index is 9.94. The molecular formula is C25H24N4O3. The molecule has 162 valence electrons. The van der Waals surface area contributed by atoms with Crippen LogP contribution in [-0.4, -0.2) is 23.4 Å². The van der Waals surface area contributed by atoms with E-state index < -0.39 is 5.92 Å². The normalized spacial score (nSPS) is 18.1. The molecular weight excluding hydrogens is 404 g/mol. The average molecular weight is 428 g/mol. The SMILES string of the molecule is COc1ccc(-c2[nH]nc3c2C(c2cccc(OC4CCCC4)c2)C(C#N)=C(N)O3)cc1. The molecule has 1 saturated carbocycles. The molecule has 7 heteroatoms. The Morgan fingerprint density at radius 2 is 1.91 bits per heavy atom. The van der Waals surface area contributed by atoms with Gasteiger partial charge in [-0.1, -0.05) is 12.1 Å². The Bertz CT molecular complexity index is 1200. The van der Waals surface area contributed by atoms with Gasteiger partial charge in [0, 0.05) is 5.56 Å². The third-order valence-corrected chi connectivity index (χ3v) is 6.11. The van der Waals surface area contributed by atoms with Gasteiger partial charge in [0.1, 0.15) is 23.1 Å². The number of fused-ring (bicyclic) bond motifs is 1. The zero-order chi connectivity index (χ0) is 22.1. The van der Waals surface area contributed by atoms with Crippen molar-refractivity contribution < 1.29 is 14.2 Å². The van der Waals surface area contributed by atoms with Crippen LogP contribution in [0.1, 0.15) is 42.7 Å². The van der Waals surface area contributed by atoms with E-state index >= 15 is 0 Å². The van der Waals surface area contributed by atoms with Crippen molar-refractivity contribution in [2.75, 3.05) is 7.11 Å². The van der Waals surface area contributed by atoms with Crippen LogP contribution in [0.3, 0.4) is 0 Å².